The summed E-state index contributed by atoms with van der Waals surface area (Å²) in [6, 6.07) is 5.00. The quantitative estimate of drug-likeness (QED) is 0.622. The fraction of sp³-hybridized carbons (Fsp3) is 0.250. The number of carbonyl (C=O) groups is 2. The molecule has 0 aliphatic heterocycles. The van der Waals surface area contributed by atoms with Crippen LogP contribution in [0.1, 0.15) is 47.1 Å². The van der Waals surface area contributed by atoms with E-state index in [4.69, 9.17) is 9.47 Å². The van der Waals surface area contributed by atoms with Crippen molar-refractivity contribution in [3.05, 3.63) is 60.6 Å². The van der Waals surface area contributed by atoms with E-state index in [1.165, 1.54) is 6.07 Å². The number of benzene rings is 1. The second-order valence-electron chi connectivity index (χ2n) is 5.12. The van der Waals surface area contributed by atoms with Crippen molar-refractivity contribution in [2.75, 3.05) is 0 Å². The molecule has 0 atom stereocenters. The van der Waals surface area contributed by atoms with Crippen LogP contribution in [-0.2, 0) is 14.9 Å². The first kappa shape index (κ1) is 15.7. The Balaban J connectivity index is 3.52. The minimum absolute atomic E-state index is 0.143. The number of esters is 2. The van der Waals surface area contributed by atoms with E-state index in [0.717, 1.165) is 12.5 Å². The molecule has 0 saturated heterocycles. The number of rotatable bonds is 4. The van der Waals surface area contributed by atoms with Crippen molar-refractivity contribution >= 4 is 11.9 Å². The molecule has 0 fully saturated rings. The lowest BCUT2D eigenvalue weighted by atomic mass is 9.82. The van der Waals surface area contributed by atoms with Crippen molar-refractivity contribution in [3.63, 3.8) is 0 Å². The molecule has 0 heterocycles. The average Bonchev–Trinajstić information content (AvgIpc) is 2.37. The highest BCUT2D eigenvalue weighted by Gasteiger charge is 2.28. The van der Waals surface area contributed by atoms with Gasteiger partial charge in [0.1, 0.15) is 0 Å². The van der Waals surface area contributed by atoms with Gasteiger partial charge in [0.2, 0.25) is 0 Å². The Bertz CT molecular complexity index is 550. The van der Waals surface area contributed by atoms with Gasteiger partial charge in [0, 0.05) is 0 Å². The molecule has 0 bridgehead atoms. The predicted molar refractivity (Wildman–Crippen MR) is 76.4 cm³/mol. The molecule has 1 rings (SSSR count). The molecule has 106 valence electrons. The molecule has 0 unspecified atom stereocenters. The largest absolute Gasteiger partial charge is 0.432 e. The first-order valence-corrected chi connectivity index (χ1v) is 6.10. The van der Waals surface area contributed by atoms with E-state index in [-0.39, 0.29) is 16.5 Å². The van der Waals surface area contributed by atoms with Gasteiger partial charge in [0.05, 0.1) is 23.7 Å². The van der Waals surface area contributed by atoms with E-state index in [2.05, 4.69) is 13.2 Å². The van der Waals surface area contributed by atoms with Gasteiger partial charge in [-0.05, 0) is 17.0 Å². The highest BCUT2D eigenvalue weighted by molar-refractivity contribution is 6.04. The topological polar surface area (TPSA) is 52.6 Å². The SMILES string of the molecule is C=COC(=O)c1cccc(C(C)(C)C)c1C(=O)OC=C. The Kier molecular flexibility index (Phi) is 4.86. The summed E-state index contributed by atoms with van der Waals surface area (Å²) in [6.45, 7) is 12.5. The summed E-state index contributed by atoms with van der Waals surface area (Å²) < 4.78 is 9.58. The van der Waals surface area contributed by atoms with E-state index in [0.29, 0.717) is 5.56 Å². The molecule has 1 aromatic carbocycles. The Morgan fingerprint density at radius 2 is 1.60 bits per heavy atom. The lowest BCUT2D eigenvalue weighted by Crippen LogP contribution is -2.21. The second-order valence-corrected chi connectivity index (χ2v) is 5.12. The maximum atomic E-state index is 12.1. The standard InChI is InChI=1S/C16H18O4/c1-6-19-14(17)11-9-8-10-12(16(3,4)5)13(11)15(18)20-7-2/h6-10H,1-2H2,3-5H3. The van der Waals surface area contributed by atoms with Crippen LogP contribution in [0.2, 0.25) is 0 Å². The highest BCUT2D eigenvalue weighted by Crippen LogP contribution is 2.29. The maximum Gasteiger partial charge on any atom is 0.344 e. The summed E-state index contributed by atoms with van der Waals surface area (Å²) in [5.41, 5.74) is 0.693. The van der Waals surface area contributed by atoms with Gasteiger partial charge in [0.15, 0.2) is 0 Å². The Morgan fingerprint density at radius 3 is 2.10 bits per heavy atom. The van der Waals surface area contributed by atoms with Gasteiger partial charge in [-0.2, -0.15) is 0 Å². The summed E-state index contributed by atoms with van der Waals surface area (Å²) >= 11 is 0. The van der Waals surface area contributed by atoms with Gasteiger partial charge in [-0.1, -0.05) is 46.1 Å². The zero-order chi connectivity index (χ0) is 15.3. The molecule has 0 radical (unpaired) electrons. The number of hydrogen-bond donors (Lipinski definition) is 0. The molecule has 0 spiro atoms. The molecule has 4 heteroatoms. The van der Waals surface area contributed by atoms with Crippen molar-refractivity contribution in [2.24, 2.45) is 0 Å². The minimum atomic E-state index is -0.651. The van der Waals surface area contributed by atoms with E-state index in [1.54, 1.807) is 12.1 Å². The fourth-order valence-electron chi connectivity index (χ4n) is 1.84. The molecule has 0 aromatic heterocycles. The summed E-state index contributed by atoms with van der Waals surface area (Å²) in [5, 5.41) is 0. The van der Waals surface area contributed by atoms with Gasteiger partial charge in [0.25, 0.3) is 0 Å². The van der Waals surface area contributed by atoms with Gasteiger partial charge in [-0.3, -0.25) is 0 Å². The first-order chi connectivity index (χ1) is 9.32. The van der Waals surface area contributed by atoms with Crippen LogP contribution in [0.25, 0.3) is 0 Å². The van der Waals surface area contributed by atoms with Crippen LogP contribution in [0.3, 0.4) is 0 Å². The molecule has 4 nitrogen and oxygen atoms in total. The summed E-state index contributed by atoms with van der Waals surface area (Å²) in [7, 11) is 0. The third kappa shape index (κ3) is 3.35. The molecule has 0 amide bonds. The fourth-order valence-corrected chi connectivity index (χ4v) is 1.84. The van der Waals surface area contributed by atoms with Crippen LogP contribution in [0, 0.1) is 0 Å². The smallest absolute Gasteiger partial charge is 0.344 e. The predicted octanol–water partition coefficient (Wildman–Crippen LogP) is 3.58. The van der Waals surface area contributed by atoms with Crippen LogP contribution in [-0.4, -0.2) is 11.9 Å². The third-order valence-electron chi connectivity index (χ3n) is 2.68. The van der Waals surface area contributed by atoms with Crippen molar-refractivity contribution in [2.45, 2.75) is 26.2 Å². The monoisotopic (exact) mass is 274 g/mol. The van der Waals surface area contributed by atoms with Crippen molar-refractivity contribution in [3.8, 4) is 0 Å². The molecule has 0 N–H and O–H groups in total. The van der Waals surface area contributed by atoms with Crippen molar-refractivity contribution in [1.29, 1.82) is 0 Å². The van der Waals surface area contributed by atoms with E-state index < -0.39 is 11.9 Å². The van der Waals surface area contributed by atoms with Crippen LogP contribution >= 0.6 is 0 Å². The first-order valence-electron chi connectivity index (χ1n) is 6.10. The zero-order valence-electron chi connectivity index (χ0n) is 11.9. The molecule has 0 saturated carbocycles. The van der Waals surface area contributed by atoms with E-state index in [1.807, 2.05) is 20.8 Å². The Morgan fingerprint density at radius 1 is 1.05 bits per heavy atom. The average molecular weight is 274 g/mol. The number of ether oxygens (including phenoxy) is 2. The van der Waals surface area contributed by atoms with Gasteiger partial charge < -0.3 is 9.47 Å². The molecule has 0 aliphatic carbocycles. The lowest BCUT2D eigenvalue weighted by molar-refractivity contribution is 0.0617. The maximum absolute atomic E-state index is 12.1. The van der Waals surface area contributed by atoms with Gasteiger partial charge in [-0.25, -0.2) is 9.59 Å². The van der Waals surface area contributed by atoms with Crippen LogP contribution in [0.5, 0.6) is 0 Å². The minimum Gasteiger partial charge on any atom is -0.432 e. The Hall–Kier alpha value is -2.36. The van der Waals surface area contributed by atoms with E-state index >= 15 is 0 Å². The highest BCUT2D eigenvalue weighted by atomic mass is 16.5. The van der Waals surface area contributed by atoms with Gasteiger partial charge >= 0.3 is 11.9 Å². The van der Waals surface area contributed by atoms with E-state index in [9.17, 15) is 9.59 Å². The Labute approximate surface area is 118 Å². The summed E-state index contributed by atoms with van der Waals surface area (Å²) in [6.07, 6.45) is 2.05. The number of hydrogen-bond acceptors (Lipinski definition) is 4. The zero-order valence-corrected chi connectivity index (χ0v) is 11.9. The van der Waals surface area contributed by atoms with Crippen LogP contribution in [0.15, 0.2) is 43.9 Å². The van der Waals surface area contributed by atoms with Crippen molar-refractivity contribution in [1.82, 2.24) is 0 Å². The molecule has 0 aliphatic rings. The second kappa shape index (κ2) is 6.19. The third-order valence-corrected chi connectivity index (χ3v) is 2.68. The molecular formula is C16H18O4. The lowest BCUT2D eigenvalue weighted by Gasteiger charge is -2.23. The van der Waals surface area contributed by atoms with Gasteiger partial charge in [-0.15, -0.1) is 0 Å². The van der Waals surface area contributed by atoms with Crippen LogP contribution < -0.4 is 0 Å². The molecular weight excluding hydrogens is 256 g/mol. The summed E-state index contributed by atoms with van der Waals surface area (Å²) in [5.74, 6) is -1.29. The number of carbonyl (C=O) groups excluding carboxylic acids is 2. The van der Waals surface area contributed by atoms with Crippen LogP contribution in [0.4, 0.5) is 0 Å². The molecule has 20 heavy (non-hydrogen) atoms. The van der Waals surface area contributed by atoms with Crippen molar-refractivity contribution < 1.29 is 19.1 Å². The normalized spacial score (nSPS) is 10.6. The summed E-state index contributed by atoms with van der Waals surface area (Å²) in [4.78, 5) is 24.0. The molecule has 1 aromatic rings.